The van der Waals surface area contributed by atoms with Crippen molar-refractivity contribution in [1.29, 1.82) is 5.26 Å². The third-order valence-electron chi connectivity index (χ3n) is 2.71. The van der Waals surface area contributed by atoms with Crippen molar-refractivity contribution in [2.75, 3.05) is 7.11 Å². The zero-order valence-electron chi connectivity index (χ0n) is 10.5. The quantitative estimate of drug-likeness (QED) is 0.851. The minimum Gasteiger partial charge on any atom is -0.495 e. The average molecular weight is 352 g/mol. The Morgan fingerprint density at radius 1 is 1.15 bits per heavy atom. The van der Waals surface area contributed by atoms with Gasteiger partial charge in [0.05, 0.1) is 23.6 Å². The van der Waals surface area contributed by atoms with Gasteiger partial charge in [0, 0.05) is 4.47 Å². The van der Waals surface area contributed by atoms with Crippen molar-refractivity contribution in [2.45, 2.75) is 9.79 Å². The van der Waals surface area contributed by atoms with Gasteiger partial charge in [-0.3, -0.25) is 0 Å². The number of halogens is 1. The maximum Gasteiger partial charge on any atom is 0.210 e. The molecule has 0 radical (unpaired) electrons. The molecule has 0 heterocycles. The van der Waals surface area contributed by atoms with Gasteiger partial charge in [-0.1, -0.05) is 15.9 Å². The fraction of sp³-hybridized carbons (Fsp3) is 0.0714. The number of methoxy groups -OCH3 is 1. The molecule has 0 N–H and O–H groups in total. The molecule has 2 aromatic rings. The first-order valence-corrected chi connectivity index (χ1v) is 7.85. The fourth-order valence-corrected chi connectivity index (χ4v) is 3.37. The molecule has 0 aromatic heterocycles. The Morgan fingerprint density at radius 2 is 1.80 bits per heavy atom. The van der Waals surface area contributed by atoms with Gasteiger partial charge in [0.2, 0.25) is 9.84 Å². The average Bonchev–Trinajstić information content (AvgIpc) is 2.46. The Kier molecular flexibility index (Phi) is 4.12. The molecule has 4 nitrogen and oxygen atoms in total. The van der Waals surface area contributed by atoms with E-state index >= 15 is 0 Å². The Hall–Kier alpha value is -1.84. The minimum absolute atomic E-state index is 0.0429. The van der Waals surface area contributed by atoms with Crippen LogP contribution < -0.4 is 4.74 Å². The second-order valence-corrected chi connectivity index (χ2v) is 6.77. The maximum atomic E-state index is 12.5. The second kappa shape index (κ2) is 5.65. The molecule has 102 valence electrons. The van der Waals surface area contributed by atoms with Crippen molar-refractivity contribution in [2.24, 2.45) is 0 Å². The number of benzene rings is 2. The number of sulfone groups is 1. The minimum atomic E-state index is -3.68. The highest BCUT2D eigenvalue weighted by atomic mass is 79.9. The summed E-state index contributed by atoms with van der Waals surface area (Å²) in [5, 5.41) is 8.84. The SMILES string of the molecule is COc1cc(C#N)ccc1S(=O)(=O)c1ccc(Br)cc1. The van der Waals surface area contributed by atoms with Crippen LogP contribution in [0.15, 0.2) is 56.7 Å². The molecule has 0 spiro atoms. The highest BCUT2D eigenvalue weighted by molar-refractivity contribution is 9.10. The van der Waals surface area contributed by atoms with Crippen molar-refractivity contribution in [3.05, 3.63) is 52.5 Å². The molecule has 0 bridgehead atoms. The first-order chi connectivity index (χ1) is 9.48. The van der Waals surface area contributed by atoms with E-state index in [1.54, 1.807) is 12.1 Å². The van der Waals surface area contributed by atoms with Gasteiger partial charge in [-0.2, -0.15) is 5.26 Å². The summed E-state index contributed by atoms with van der Waals surface area (Å²) >= 11 is 3.26. The van der Waals surface area contributed by atoms with Crippen LogP contribution in [-0.4, -0.2) is 15.5 Å². The van der Waals surface area contributed by atoms with Crippen molar-refractivity contribution in [1.82, 2.24) is 0 Å². The summed E-state index contributed by atoms with van der Waals surface area (Å²) in [5.74, 6) is 0.159. The molecule has 2 rings (SSSR count). The van der Waals surface area contributed by atoms with Gasteiger partial charge in [-0.15, -0.1) is 0 Å². The summed E-state index contributed by atoms with van der Waals surface area (Å²) in [6, 6.07) is 12.5. The lowest BCUT2D eigenvalue weighted by molar-refractivity contribution is 0.402. The molecule has 0 saturated carbocycles. The van der Waals surface area contributed by atoms with Gasteiger partial charge in [0.1, 0.15) is 10.6 Å². The number of hydrogen-bond acceptors (Lipinski definition) is 4. The summed E-state index contributed by atoms with van der Waals surface area (Å²) < 4.78 is 31.0. The molecule has 0 fully saturated rings. The van der Waals surface area contributed by atoms with Gasteiger partial charge in [-0.25, -0.2) is 8.42 Å². The van der Waals surface area contributed by atoms with Crippen LogP contribution in [-0.2, 0) is 9.84 Å². The number of nitrogens with zero attached hydrogens (tertiary/aromatic N) is 1. The van der Waals surface area contributed by atoms with Gasteiger partial charge < -0.3 is 4.74 Å². The van der Waals surface area contributed by atoms with E-state index in [1.807, 2.05) is 6.07 Å². The monoisotopic (exact) mass is 351 g/mol. The molecule has 0 amide bonds. The Labute approximate surface area is 125 Å². The van der Waals surface area contributed by atoms with E-state index in [4.69, 9.17) is 10.00 Å². The van der Waals surface area contributed by atoms with Gasteiger partial charge in [0.15, 0.2) is 0 Å². The van der Waals surface area contributed by atoms with E-state index in [9.17, 15) is 8.42 Å². The van der Waals surface area contributed by atoms with Crippen LogP contribution in [0.1, 0.15) is 5.56 Å². The lowest BCUT2D eigenvalue weighted by Gasteiger charge is -2.10. The molecular weight excluding hydrogens is 342 g/mol. The summed E-state index contributed by atoms with van der Waals surface area (Å²) in [4.78, 5) is 0.213. The van der Waals surface area contributed by atoms with E-state index in [1.165, 1.54) is 37.4 Å². The van der Waals surface area contributed by atoms with E-state index in [0.29, 0.717) is 5.56 Å². The standard InChI is InChI=1S/C14H10BrNO3S/c1-19-13-8-10(9-16)2-7-14(13)20(17,18)12-5-3-11(15)4-6-12/h2-8H,1H3. The van der Waals surface area contributed by atoms with Crippen LogP contribution >= 0.6 is 15.9 Å². The zero-order valence-corrected chi connectivity index (χ0v) is 12.9. The normalized spacial score (nSPS) is 10.8. The van der Waals surface area contributed by atoms with E-state index < -0.39 is 9.84 Å². The predicted molar refractivity (Wildman–Crippen MR) is 77.3 cm³/mol. The van der Waals surface area contributed by atoms with E-state index in [0.717, 1.165) is 4.47 Å². The van der Waals surface area contributed by atoms with Crippen molar-refractivity contribution >= 4 is 25.8 Å². The summed E-state index contributed by atoms with van der Waals surface area (Å²) in [6.07, 6.45) is 0. The van der Waals surface area contributed by atoms with E-state index in [2.05, 4.69) is 15.9 Å². The summed E-state index contributed by atoms with van der Waals surface area (Å²) in [5.41, 5.74) is 0.344. The van der Waals surface area contributed by atoms with Crippen LogP contribution in [0.5, 0.6) is 5.75 Å². The zero-order chi connectivity index (χ0) is 14.8. The van der Waals surface area contributed by atoms with E-state index in [-0.39, 0.29) is 15.5 Å². The lowest BCUT2D eigenvalue weighted by atomic mass is 10.2. The maximum absolute atomic E-state index is 12.5. The highest BCUT2D eigenvalue weighted by Crippen LogP contribution is 2.30. The molecule has 0 saturated heterocycles. The van der Waals surface area contributed by atoms with Gasteiger partial charge in [0.25, 0.3) is 0 Å². The molecule has 0 unspecified atom stereocenters. The number of ether oxygens (including phenoxy) is 1. The lowest BCUT2D eigenvalue weighted by Crippen LogP contribution is -2.04. The largest absolute Gasteiger partial charge is 0.495 e. The fourth-order valence-electron chi connectivity index (χ4n) is 1.70. The first kappa shape index (κ1) is 14.6. The number of rotatable bonds is 3. The molecule has 0 aliphatic rings. The summed E-state index contributed by atoms with van der Waals surface area (Å²) in [6.45, 7) is 0. The molecule has 0 aliphatic heterocycles. The Balaban J connectivity index is 2.60. The van der Waals surface area contributed by atoms with Crippen molar-refractivity contribution < 1.29 is 13.2 Å². The summed E-state index contributed by atoms with van der Waals surface area (Å²) in [7, 11) is -2.31. The number of hydrogen-bond donors (Lipinski definition) is 0. The Morgan fingerprint density at radius 3 is 2.35 bits per heavy atom. The van der Waals surface area contributed by atoms with Crippen LogP contribution in [0, 0.1) is 11.3 Å². The van der Waals surface area contributed by atoms with Crippen LogP contribution in [0.3, 0.4) is 0 Å². The van der Waals surface area contributed by atoms with Crippen LogP contribution in [0.4, 0.5) is 0 Å². The molecule has 0 atom stereocenters. The topological polar surface area (TPSA) is 67.2 Å². The van der Waals surface area contributed by atoms with Crippen molar-refractivity contribution in [3.63, 3.8) is 0 Å². The predicted octanol–water partition coefficient (Wildman–Crippen LogP) is 3.16. The Bertz CT molecular complexity index is 777. The molecule has 0 aliphatic carbocycles. The number of nitriles is 1. The smallest absolute Gasteiger partial charge is 0.210 e. The third-order valence-corrected chi connectivity index (χ3v) is 5.04. The van der Waals surface area contributed by atoms with Gasteiger partial charge >= 0.3 is 0 Å². The molecule has 20 heavy (non-hydrogen) atoms. The first-order valence-electron chi connectivity index (χ1n) is 5.58. The third kappa shape index (κ3) is 2.69. The van der Waals surface area contributed by atoms with Crippen molar-refractivity contribution in [3.8, 4) is 11.8 Å². The van der Waals surface area contributed by atoms with Gasteiger partial charge in [-0.05, 0) is 42.5 Å². The van der Waals surface area contributed by atoms with Crippen LogP contribution in [0.2, 0.25) is 0 Å². The second-order valence-electron chi connectivity index (χ2n) is 3.93. The van der Waals surface area contributed by atoms with Crippen LogP contribution in [0.25, 0.3) is 0 Å². The highest BCUT2D eigenvalue weighted by Gasteiger charge is 2.22. The molecule has 2 aromatic carbocycles. The molecule has 6 heteroatoms. The molecular formula is C14H10BrNO3S.